The van der Waals surface area contributed by atoms with E-state index in [1.54, 1.807) is 43.4 Å². The Kier molecular flexibility index (Phi) is 17.8. The highest BCUT2D eigenvalue weighted by atomic mass is 19.1. The maximum absolute atomic E-state index is 15.3. The zero-order valence-electron chi connectivity index (χ0n) is 46.5. The lowest BCUT2D eigenvalue weighted by Crippen LogP contribution is -2.57. The van der Waals surface area contributed by atoms with Gasteiger partial charge >= 0.3 is 5.79 Å². The second-order valence-corrected chi connectivity index (χ2v) is 21.6. The van der Waals surface area contributed by atoms with Gasteiger partial charge in [0.05, 0.1) is 57.2 Å². The first-order valence-electron chi connectivity index (χ1n) is 27.0. The Balaban J connectivity index is 0.00000435. The number of halogens is 2. The third-order valence-electron chi connectivity index (χ3n) is 15.7. The van der Waals surface area contributed by atoms with Gasteiger partial charge in [0.1, 0.15) is 48.1 Å². The topological polar surface area (TPSA) is 272 Å². The summed E-state index contributed by atoms with van der Waals surface area (Å²) >= 11 is 0. The van der Waals surface area contributed by atoms with E-state index in [9.17, 15) is 49.1 Å². The quantitative estimate of drug-likeness (QED) is 0.0621. The zero-order valence-corrected chi connectivity index (χ0v) is 46.5. The molecule has 5 aromatic carbocycles. The molecule has 9 rings (SSSR count). The van der Waals surface area contributed by atoms with Gasteiger partial charge < -0.3 is 61.0 Å². The number of ether oxygens (including phenoxy) is 2. The van der Waals surface area contributed by atoms with Crippen molar-refractivity contribution >= 4 is 59.2 Å². The van der Waals surface area contributed by atoms with E-state index in [4.69, 9.17) is 32.4 Å². The number of phenolic OH excluding ortho intramolecular Hbond substituents is 2. The van der Waals surface area contributed by atoms with Crippen LogP contribution in [0.25, 0.3) is 10.8 Å². The molecule has 4 aliphatic rings. The number of aliphatic hydroxyl groups excluding tert-OH is 3. The van der Waals surface area contributed by atoms with Crippen molar-refractivity contribution in [2.45, 2.75) is 109 Å². The maximum atomic E-state index is 15.3. The Hall–Kier alpha value is -7.98. The van der Waals surface area contributed by atoms with Crippen LogP contribution in [0, 0.1) is 36.3 Å². The molecule has 0 aliphatic carbocycles. The fourth-order valence-electron chi connectivity index (χ4n) is 10.8. The first-order chi connectivity index (χ1) is 38.9. The van der Waals surface area contributed by atoms with Crippen LogP contribution in [0.2, 0.25) is 0 Å². The highest BCUT2D eigenvalue weighted by molar-refractivity contribution is 6.20. The molecule has 18 nitrogen and oxygen atoms in total. The molecular weight excluding hydrogens is 1060 g/mol. The summed E-state index contributed by atoms with van der Waals surface area (Å²) in [5, 5.41) is 72.9. The summed E-state index contributed by atoms with van der Waals surface area (Å²) < 4.78 is 42.4. The van der Waals surface area contributed by atoms with Crippen LogP contribution < -0.4 is 36.3 Å². The molecule has 4 bridgehead atoms. The zero-order chi connectivity index (χ0) is 59.6. The predicted molar refractivity (Wildman–Crippen MR) is 304 cm³/mol. The number of carbonyl (C=O) groups is 4. The summed E-state index contributed by atoms with van der Waals surface area (Å²) in [6.07, 6.45) is 7.82. The van der Waals surface area contributed by atoms with Gasteiger partial charge in [0.2, 0.25) is 5.91 Å². The fraction of sp³-hybridized carbons (Fsp3) is 0.377. The first kappa shape index (κ1) is 60.1. The van der Waals surface area contributed by atoms with Crippen molar-refractivity contribution in [3.8, 4) is 17.2 Å². The molecule has 1 fully saturated rings. The number of phenols is 2. The smallest absolute Gasteiger partial charge is 0.312 e. The van der Waals surface area contributed by atoms with Crippen molar-refractivity contribution in [1.29, 1.82) is 0 Å². The predicted octanol–water partition coefficient (Wildman–Crippen LogP) is 6.52. The minimum Gasteiger partial charge on any atom is -0.507 e. The number of piperidine rings is 1. The van der Waals surface area contributed by atoms with Gasteiger partial charge in [-0.25, -0.2) is 8.78 Å². The van der Waals surface area contributed by atoms with Gasteiger partial charge in [0, 0.05) is 56.5 Å². The molecule has 1 saturated heterocycles. The number of allylic oxidation sites excluding steroid dienone is 4. The van der Waals surface area contributed by atoms with E-state index in [0.717, 1.165) is 19.2 Å². The Morgan fingerprint density at radius 1 is 0.890 bits per heavy atom. The third-order valence-corrected chi connectivity index (χ3v) is 15.7. The summed E-state index contributed by atoms with van der Waals surface area (Å²) in [7, 11) is 7.44. The molecule has 2 radical (unpaired) electrons. The summed E-state index contributed by atoms with van der Waals surface area (Å²) in [5.74, 6) is -8.64. The van der Waals surface area contributed by atoms with E-state index < -0.39 is 87.4 Å². The van der Waals surface area contributed by atoms with Gasteiger partial charge in [-0.15, -0.1) is 0 Å². The molecule has 9 N–H and O–H groups in total. The minimum atomic E-state index is -2.58. The number of fused-ring (bicyclic) bond motifs is 1. The Labute approximate surface area is 474 Å². The van der Waals surface area contributed by atoms with Crippen molar-refractivity contribution < 1.29 is 68.1 Å². The molecule has 82 heavy (non-hydrogen) atoms. The average molecular weight is 1130 g/mol. The molecular formula is C61H67BF2N6O12. The highest BCUT2D eigenvalue weighted by Gasteiger charge is 2.50. The number of nitrogens with zero attached hydrogens (tertiary/aromatic N) is 3. The summed E-state index contributed by atoms with van der Waals surface area (Å²) in [6, 6.07) is 14.4. The number of ketones is 1. The van der Waals surface area contributed by atoms with Crippen LogP contribution in [-0.2, 0) is 19.8 Å². The second-order valence-electron chi connectivity index (χ2n) is 21.6. The van der Waals surface area contributed by atoms with Crippen molar-refractivity contribution in [2.75, 3.05) is 35.7 Å². The largest absolute Gasteiger partial charge is 0.507 e. The van der Waals surface area contributed by atoms with Gasteiger partial charge in [-0.05, 0) is 92.8 Å². The molecule has 4 heterocycles. The van der Waals surface area contributed by atoms with E-state index in [1.165, 1.54) is 62.6 Å². The molecule has 21 heteroatoms. The van der Waals surface area contributed by atoms with Gasteiger partial charge in [-0.2, -0.15) is 0 Å². The van der Waals surface area contributed by atoms with Crippen LogP contribution >= 0.6 is 0 Å². The number of benzene rings is 5. The van der Waals surface area contributed by atoms with Crippen LogP contribution in [0.4, 0.5) is 25.8 Å². The molecule has 5 aromatic rings. The van der Waals surface area contributed by atoms with E-state index in [1.807, 2.05) is 31.7 Å². The Bertz CT molecular complexity index is 3530. The highest BCUT2D eigenvalue weighted by Crippen LogP contribution is 2.50. The lowest BCUT2D eigenvalue weighted by Gasteiger charge is -2.38. The molecule has 430 valence electrons. The van der Waals surface area contributed by atoms with Crippen LogP contribution in [0.15, 0.2) is 119 Å². The number of Topliss-reactive ketones (excluding diaryl/α,β-unsaturated/α-hetero) is 1. The summed E-state index contributed by atoms with van der Waals surface area (Å²) in [6.45, 7) is 10.5. The molecule has 5 unspecified atom stereocenters. The molecule has 8 atom stereocenters. The number of aliphatic hydroxyl groups is 4. The number of carbonyl (C=O) groups excluding carboxylic acids is 4. The fourth-order valence-corrected chi connectivity index (χ4v) is 10.8. The standard InChI is InChI=1S/C60H63BF2N6O11.CH4O/c1-31-14-12-15-33(3)55(75)65-49-48-47(44-45(51(49)73)50(72)35(5)52-46(44)54(74)58(6,80-52)79-27-13-16-32(2)42(70)30-43(71)34(4)28-31)67-59(68-48)23-25-69(26-24-59)41-22-21-37(62)29-40(41)64-57(77)53(60(61,78)36-17-8-7-9-18-36)66-56(76)38-19-10-11-20-39(38)63;1-2/h7-15,17-22,27,29,31-32,34,42-43,53,70-73,78H,16,23-26,28,30H2,1-6H3,(H,64,77)(H,65,75)(H,66,76);2H,1H3/b14-12+,27-13+,33-15-;/t31?,32-,34-,42?,43?,53?,58-,60?;/m1./s1. The summed E-state index contributed by atoms with van der Waals surface area (Å²) in [5.41, 5.74) is -3.99. The number of rotatable bonds is 7. The van der Waals surface area contributed by atoms with Gasteiger partial charge in [-0.1, -0.05) is 81.5 Å². The maximum Gasteiger partial charge on any atom is 0.312 e. The minimum absolute atomic E-state index is 0.00308. The SMILES string of the molecule is CO.[B]C(O)(c1ccccc1)C(NC(=O)c1ccccc1F)C(=O)Nc1cc(F)ccc1N1CCC2(CC1)N=c1c3c(O)c4c(O)c(C)c5c(c4c1=N2)C(=O)[C@](C)(O/C=C/C[C@@H](C)C(O)CC(O)[C@H](C)CC(C)/C=C/C=C(/C)C(=O)N3)O5. The van der Waals surface area contributed by atoms with Crippen LogP contribution in [0.1, 0.15) is 98.6 Å². The van der Waals surface area contributed by atoms with Crippen molar-refractivity contribution in [3.05, 3.63) is 154 Å². The van der Waals surface area contributed by atoms with E-state index in [-0.39, 0.29) is 111 Å². The van der Waals surface area contributed by atoms with E-state index in [2.05, 4.69) is 16.0 Å². The summed E-state index contributed by atoms with van der Waals surface area (Å²) in [4.78, 5) is 69.0. The van der Waals surface area contributed by atoms with Crippen molar-refractivity contribution in [3.63, 3.8) is 0 Å². The average Bonchev–Trinajstić information content (AvgIpc) is 2.01. The molecule has 3 amide bonds. The monoisotopic (exact) mass is 1120 g/mol. The van der Waals surface area contributed by atoms with Gasteiger partial charge in [0.25, 0.3) is 17.6 Å². The number of nitrogens with one attached hydrogen (secondary N) is 3. The van der Waals surface area contributed by atoms with E-state index in [0.29, 0.717) is 18.5 Å². The molecule has 0 saturated carbocycles. The lowest BCUT2D eigenvalue weighted by molar-refractivity contribution is -0.122. The molecule has 4 aliphatic heterocycles. The third kappa shape index (κ3) is 11.9. The number of anilines is 3. The first-order valence-corrected chi connectivity index (χ1v) is 27.0. The molecule has 1 spiro atoms. The number of hydrogen-bond donors (Lipinski definition) is 9. The van der Waals surface area contributed by atoms with Gasteiger partial charge in [-0.3, -0.25) is 29.2 Å². The van der Waals surface area contributed by atoms with Crippen molar-refractivity contribution in [1.82, 2.24) is 5.32 Å². The van der Waals surface area contributed by atoms with Crippen molar-refractivity contribution in [2.24, 2.45) is 27.7 Å². The number of amides is 3. The van der Waals surface area contributed by atoms with Crippen LogP contribution in [0.3, 0.4) is 0 Å². The Morgan fingerprint density at radius 3 is 2.24 bits per heavy atom. The van der Waals surface area contributed by atoms with E-state index >= 15 is 4.39 Å². The van der Waals surface area contributed by atoms with Crippen LogP contribution in [-0.4, -0.2) is 112 Å². The second kappa shape index (κ2) is 24.2. The molecule has 0 aromatic heterocycles. The van der Waals surface area contributed by atoms with Crippen LogP contribution in [0.5, 0.6) is 17.2 Å². The lowest BCUT2D eigenvalue weighted by atomic mass is 9.69. The number of aromatic hydroxyl groups is 2. The number of hydrogen-bond acceptors (Lipinski definition) is 15. The Morgan fingerprint density at radius 2 is 1.55 bits per heavy atom. The normalized spacial score (nSPS) is 25.1. The van der Waals surface area contributed by atoms with Gasteiger partial charge in [0.15, 0.2) is 11.4 Å².